The predicted molar refractivity (Wildman–Crippen MR) is 80.2 cm³/mol. The van der Waals surface area contributed by atoms with E-state index in [1.54, 1.807) is 4.90 Å². The van der Waals surface area contributed by atoms with E-state index in [1.165, 1.54) is 12.8 Å². The first-order chi connectivity index (χ1) is 10.1. The maximum Gasteiger partial charge on any atom is 0.317 e. The zero-order valence-corrected chi connectivity index (χ0v) is 12.9. The molecule has 0 bridgehead atoms. The Morgan fingerprint density at radius 1 is 1.24 bits per heavy atom. The van der Waals surface area contributed by atoms with Crippen molar-refractivity contribution in [3.8, 4) is 0 Å². The van der Waals surface area contributed by atoms with Crippen molar-refractivity contribution < 1.29 is 14.7 Å². The summed E-state index contributed by atoms with van der Waals surface area (Å²) >= 11 is 0. The number of piperidine rings is 1. The zero-order valence-electron chi connectivity index (χ0n) is 12.9. The van der Waals surface area contributed by atoms with Crippen molar-refractivity contribution in [2.45, 2.75) is 44.6 Å². The lowest BCUT2D eigenvalue weighted by atomic mass is 9.94. The third-order valence-corrected chi connectivity index (χ3v) is 4.48. The van der Waals surface area contributed by atoms with Gasteiger partial charge < -0.3 is 20.2 Å². The van der Waals surface area contributed by atoms with Gasteiger partial charge in [0.15, 0.2) is 0 Å². The van der Waals surface area contributed by atoms with Crippen molar-refractivity contribution in [2.75, 3.05) is 33.2 Å². The number of amides is 2. The van der Waals surface area contributed by atoms with Gasteiger partial charge in [-0.25, -0.2) is 4.79 Å². The quantitative estimate of drug-likeness (QED) is 0.744. The van der Waals surface area contributed by atoms with E-state index in [0.717, 1.165) is 32.4 Å². The van der Waals surface area contributed by atoms with Gasteiger partial charge in [0.1, 0.15) is 0 Å². The Hall–Kier alpha value is -1.30. The zero-order chi connectivity index (χ0) is 15.2. The molecule has 120 valence electrons. The maximum atomic E-state index is 12.1. The lowest BCUT2D eigenvalue weighted by Crippen LogP contribution is -2.43. The summed E-state index contributed by atoms with van der Waals surface area (Å²) in [5.41, 5.74) is 0. The molecule has 0 radical (unpaired) electrons. The van der Waals surface area contributed by atoms with Crippen molar-refractivity contribution in [1.29, 1.82) is 0 Å². The Kier molecular flexibility index (Phi) is 5.85. The fourth-order valence-electron chi connectivity index (χ4n) is 2.89. The van der Waals surface area contributed by atoms with Gasteiger partial charge in [-0.05, 0) is 58.2 Å². The number of carbonyl (C=O) groups excluding carboxylic acids is 1. The van der Waals surface area contributed by atoms with Crippen LogP contribution in [-0.4, -0.2) is 66.2 Å². The van der Waals surface area contributed by atoms with Crippen molar-refractivity contribution >= 4 is 12.0 Å². The predicted octanol–water partition coefficient (Wildman–Crippen LogP) is 1.37. The maximum absolute atomic E-state index is 12.1. The molecule has 21 heavy (non-hydrogen) atoms. The molecular weight excluding hydrogens is 270 g/mol. The number of nitrogens with one attached hydrogen (secondary N) is 1. The highest BCUT2D eigenvalue weighted by atomic mass is 16.4. The molecular formula is C15H27N3O3. The number of urea groups is 1. The Morgan fingerprint density at radius 2 is 1.90 bits per heavy atom. The molecule has 6 nitrogen and oxygen atoms in total. The highest BCUT2D eigenvalue weighted by Gasteiger charge is 2.32. The molecule has 2 rings (SSSR count). The van der Waals surface area contributed by atoms with Crippen LogP contribution in [0, 0.1) is 5.92 Å². The van der Waals surface area contributed by atoms with Crippen LogP contribution in [-0.2, 0) is 4.79 Å². The topological polar surface area (TPSA) is 72.9 Å². The van der Waals surface area contributed by atoms with Gasteiger partial charge >= 0.3 is 12.0 Å². The molecule has 2 aliphatic rings. The lowest BCUT2D eigenvalue weighted by Gasteiger charge is -2.29. The number of nitrogens with zero attached hydrogens (tertiary/aromatic N) is 2. The molecule has 1 aliphatic carbocycles. The lowest BCUT2D eigenvalue weighted by molar-refractivity contribution is -0.137. The first-order valence-corrected chi connectivity index (χ1v) is 8.01. The number of aliphatic carboxylic acids is 1. The normalized spacial score (nSPS) is 20.2. The first kappa shape index (κ1) is 16.1. The van der Waals surface area contributed by atoms with E-state index in [-0.39, 0.29) is 18.5 Å². The van der Waals surface area contributed by atoms with E-state index in [9.17, 15) is 9.59 Å². The molecule has 0 aromatic heterocycles. The molecule has 0 unspecified atom stereocenters. The van der Waals surface area contributed by atoms with Gasteiger partial charge in [0, 0.05) is 19.1 Å². The fourth-order valence-corrected chi connectivity index (χ4v) is 2.89. The van der Waals surface area contributed by atoms with Crippen LogP contribution in [0.3, 0.4) is 0 Å². The monoisotopic (exact) mass is 297 g/mol. The minimum atomic E-state index is -0.847. The fraction of sp³-hybridized carbons (Fsp3) is 0.867. The molecule has 0 aromatic rings. The third-order valence-electron chi connectivity index (χ3n) is 4.48. The van der Waals surface area contributed by atoms with Crippen molar-refractivity contribution in [2.24, 2.45) is 5.92 Å². The van der Waals surface area contributed by atoms with E-state index in [2.05, 4.69) is 17.3 Å². The number of likely N-dealkylation sites (tertiary alicyclic amines) is 1. The number of carboxylic acid groups (broad SMARTS) is 1. The van der Waals surface area contributed by atoms with Crippen LogP contribution in [0.2, 0.25) is 0 Å². The molecule has 1 heterocycles. The highest BCUT2D eigenvalue weighted by Crippen LogP contribution is 2.27. The average Bonchev–Trinajstić information content (AvgIpc) is 3.25. The van der Waals surface area contributed by atoms with Crippen molar-refractivity contribution in [3.05, 3.63) is 0 Å². The summed E-state index contributed by atoms with van der Waals surface area (Å²) in [6, 6.07) is 0.166. The second-order valence-electron chi connectivity index (χ2n) is 6.34. The number of carbonyl (C=O) groups is 2. The molecule has 2 N–H and O–H groups in total. The molecule has 0 aromatic carbocycles. The minimum absolute atomic E-state index is 0.0267. The molecule has 6 heteroatoms. The summed E-state index contributed by atoms with van der Waals surface area (Å²) in [6.45, 7) is 3.31. The average molecular weight is 297 g/mol. The van der Waals surface area contributed by atoms with Gasteiger partial charge in [0.05, 0.1) is 6.42 Å². The van der Waals surface area contributed by atoms with Crippen molar-refractivity contribution in [3.63, 3.8) is 0 Å². The number of hydrogen-bond donors (Lipinski definition) is 2. The molecule has 0 atom stereocenters. The van der Waals surface area contributed by atoms with Gasteiger partial charge in [0.2, 0.25) is 0 Å². The van der Waals surface area contributed by atoms with Crippen LogP contribution in [0.1, 0.15) is 38.5 Å². The molecule has 1 saturated carbocycles. The minimum Gasteiger partial charge on any atom is -0.481 e. The Bertz CT molecular complexity index is 363. The van der Waals surface area contributed by atoms with E-state index < -0.39 is 5.97 Å². The van der Waals surface area contributed by atoms with Crippen LogP contribution in [0.4, 0.5) is 4.79 Å². The van der Waals surface area contributed by atoms with E-state index in [1.807, 2.05) is 0 Å². The molecule has 0 spiro atoms. The van der Waals surface area contributed by atoms with Crippen molar-refractivity contribution in [1.82, 2.24) is 15.1 Å². The summed E-state index contributed by atoms with van der Waals surface area (Å²) in [4.78, 5) is 26.8. The van der Waals surface area contributed by atoms with E-state index >= 15 is 0 Å². The first-order valence-electron chi connectivity index (χ1n) is 8.01. The molecule has 1 saturated heterocycles. The summed E-state index contributed by atoms with van der Waals surface area (Å²) < 4.78 is 0. The Labute approximate surface area is 126 Å². The molecule has 2 fully saturated rings. The SMILES string of the molecule is CN1CCC(CCNC(=O)N(CCC(=O)O)C2CC2)CC1. The van der Waals surface area contributed by atoms with Gasteiger partial charge in [-0.15, -0.1) is 0 Å². The van der Waals surface area contributed by atoms with Gasteiger partial charge in [-0.3, -0.25) is 4.79 Å². The summed E-state index contributed by atoms with van der Waals surface area (Å²) in [5, 5.41) is 11.7. The summed E-state index contributed by atoms with van der Waals surface area (Å²) in [7, 11) is 2.15. The van der Waals surface area contributed by atoms with E-state index in [0.29, 0.717) is 19.0 Å². The Balaban J connectivity index is 1.66. The smallest absolute Gasteiger partial charge is 0.317 e. The van der Waals surface area contributed by atoms with Crippen LogP contribution in [0.15, 0.2) is 0 Å². The highest BCUT2D eigenvalue weighted by molar-refractivity contribution is 5.76. The van der Waals surface area contributed by atoms with Crippen LogP contribution < -0.4 is 5.32 Å². The second kappa shape index (κ2) is 7.64. The van der Waals surface area contributed by atoms with Gasteiger partial charge in [-0.1, -0.05) is 0 Å². The number of hydrogen-bond acceptors (Lipinski definition) is 3. The van der Waals surface area contributed by atoms with Gasteiger partial charge in [-0.2, -0.15) is 0 Å². The van der Waals surface area contributed by atoms with Crippen LogP contribution >= 0.6 is 0 Å². The molecule has 1 aliphatic heterocycles. The Morgan fingerprint density at radius 3 is 2.48 bits per heavy atom. The van der Waals surface area contributed by atoms with Gasteiger partial charge in [0.25, 0.3) is 0 Å². The standard InChI is InChI=1S/C15H27N3O3/c1-17-9-5-12(6-10-17)4-8-16-15(21)18(13-2-3-13)11-7-14(19)20/h12-13H,2-11H2,1H3,(H,16,21)(H,19,20). The summed E-state index contributed by atoms with van der Waals surface area (Å²) in [5.74, 6) is -0.144. The second-order valence-corrected chi connectivity index (χ2v) is 6.34. The molecule has 2 amide bonds. The summed E-state index contributed by atoms with van der Waals surface area (Å²) in [6.07, 6.45) is 5.47. The third kappa shape index (κ3) is 5.53. The number of rotatable bonds is 7. The number of carboxylic acids is 1. The van der Waals surface area contributed by atoms with Crippen LogP contribution in [0.25, 0.3) is 0 Å². The van der Waals surface area contributed by atoms with E-state index in [4.69, 9.17) is 5.11 Å². The van der Waals surface area contributed by atoms with Crippen LogP contribution in [0.5, 0.6) is 0 Å². The largest absolute Gasteiger partial charge is 0.481 e.